The first kappa shape index (κ1) is 14.7. The Kier molecular flexibility index (Phi) is 4.67. The summed E-state index contributed by atoms with van der Waals surface area (Å²) >= 11 is 0. The Bertz CT molecular complexity index is 243. The minimum atomic E-state index is -3.87. The maximum absolute atomic E-state index is 10.5. The minimum Gasteiger partial charge on any atom is -0.410 e. The zero-order valence-corrected chi connectivity index (χ0v) is 13.0. The first-order valence-corrected chi connectivity index (χ1v) is 12.3. The molecule has 0 atom stereocenters. The molecule has 18 heavy (non-hydrogen) atoms. The zero-order valence-electron chi connectivity index (χ0n) is 11.0. The zero-order chi connectivity index (χ0) is 13.2. The van der Waals surface area contributed by atoms with Gasteiger partial charge in [-0.15, -0.1) is 0 Å². The molecule has 0 heterocycles. The molecule has 0 amide bonds. The second-order valence-corrected chi connectivity index (χ2v) is 15.1. The Labute approximate surface area is 111 Å². The average Bonchev–Trinajstić information content (AvgIpc) is 2.40. The highest BCUT2D eigenvalue weighted by Gasteiger charge is 2.64. The lowest BCUT2D eigenvalue weighted by Crippen LogP contribution is -2.69. The summed E-state index contributed by atoms with van der Waals surface area (Å²) in [5.41, 5.74) is -0.426. The van der Waals surface area contributed by atoms with Crippen molar-refractivity contribution < 1.29 is 19.2 Å². The lowest BCUT2D eigenvalue weighted by Gasteiger charge is -2.41. The van der Waals surface area contributed by atoms with Gasteiger partial charge < -0.3 is 19.2 Å². The standard InChI is InChI=1S/C12H26O4Si2/c13-17(14,11-7-3-1-4-8-11)18(15,16)12-9-5-2-6-10-12/h11-16H,1-10H2. The van der Waals surface area contributed by atoms with Gasteiger partial charge in [0.2, 0.25) is 0 Å². The summed E-state index contributed by atoms with van der Waals surface area (Å²) in [7, 11) is -7.74. The Morgan fingerprint density at radius 3 is 1.06 bits per heavy atom. The van der Waals surface area contributed by atoms with E-state index in [0.717, 1.165) is 64.2 Å². The molecule has 2 saturated carbocycles. The molecule has 0 unspecified atom stereocenters. The summed E-state index contributed by atoms with van der Waals surface area (Å²) in [6.07, 6.45) is 9.32. The van der Waals surface area contributed by atoms with E-state index in [0.29, 0.717) is 0 Å². The molecule has 2 aliphatic rings. The summed E-state index contributed by atoms with van der Waals surface area (Å²) in [4.78, 5) is 41.9. The molecule has 106 valence electrons. The van der Waals surface area contributed by atoms with Crippen LogP contribution in [0.2, 0.25) is 11.1 Å². The third kappa shape index (κ3) is 2.73. The largest absolute Gasteiger partial charge is 0.410 e. The van der Waals surface area contributed by atoms with Crippen molar-refractivity contribution in [3.63, 3.8) is 0 Å². The number of hydrogen-bond donors (Lipinski definition) is 4. The van der Waals surface area contributed by atoms with Crippen LogP contribution in [0.3, 0.4) is 0 Å². The van der Waals surface area contributed by atoms with Gasteiger partial charge in [-0.25, -0.2) is 0 Å². The van der Waals surface area contributed by atoms with Crippen LogP contribution in [0, 0.1) is 0 Å². The van der Waals surface area contributed by atoms with Crippen LogP contribution < -0.4 is 0 Å². The van der Waals surface area contributed by atoms with Gasteiger partial charge in [-0.05, 0) is 25.7 Å². The predicted molar refractivity (Wildman–Crippen MR) is 74.1 cm³/mol. The van der Waals surface area contributed by atoms with E-state index >= 15 is 0 Å². The van der Waals surface area contributed by atoms with E-state index in [1.165, 1.54) is 0 Å². The van der Waals surface area contributed by atoms with Gasteiger partial charge in [0.25, 0.3) is 0 Å². The molecule has 4 nitrogen and oxygen atoms in total. The maximum atomic E-state index is 10.5. The molecule has 0 aliphatic heterocycles. The van der Waals surface area contributed by atoms with Gasteiger partial charge in [0, 0.05) is 11.1 Å². The average molecular weight is 291 g/mol. The van der Waals surface area contributed by atoms with Crippen LogP contribution in [0.15, 0.2) is 0 Å². The summed E-state index contributed by atoms with van der Waals surface area (Å²) in [6.45, 7) is 0. The van der Waals surface area contributed by atoms with E-state index in [9.17, 15) is 19.2 Å². The monoisotopic (exact) mass is 290 g/mol. The summed E-state index contributed by atoms with van der Waals surface area (Å²) in [5.74, 6) is 0. The van der Waals surface area contributed by atoms with Gasteiger partial charge in [0.05, 0.1) is 0 Å². The first-order valence-electron chi connectivity index (χ1n) is 7.35. The quantitative estimate of drug-likeness (QED) is 0.595. The summed E-state index contributed by atoms with van der Waals surface area (Å²) in [5, 5.41) is 0. The van der Waals surface area contributed by atoms with E-state index in [-0.39, 0.29) is 11.1 Å². The molecule has 0 bridgehead atoms. The molecule has 0 spiro atoms. The molecule has 6 heteroatoms. The fourth-order valence-electron chi connectivity index (χ4n) is 3.61. The Balaban J connectivity index is 2.09. The molecule has 0 saturated heterocycles. The summed E-state index contributed by atoms with van der Waals surface area (Å²) in [6, 6.07) is 0. The SMILES string of the molecule is O[Si](O)(C1CCCCC1)[Si](O)(O)C1CCCCC1. The predicted octanol–water partition coefficient (Wildman–Crippen LogP) is 1.59. The van der Waals surface area contributed by atoms with Crippen molar-refractivity contribution >= 4 is 16.2 Å². The number of rotatable bonds is 3. The second kappa shape index (κ2) is 5.72. The van der Waals surface area contributed by atoms with E-state index in [2.05, 4.69) is 0 Å². The van der Waals surface area contributed by atoms with Crippen molar-refractivity contribution in [2.75, 3.05) is 0 Å². The molecule has 2 aliphatic carbocycles. The van der Waals surface area contributed by atoms with Crippen LogP contribution in [0.25, 0.3) is 0 Å². The van der Waals surface area contributed by atoms with Crippen LogP contribution in [0.4, 0.5) is 0 Å². The van der Waals surface area contributed by atoms with Gasteiger partial charge in [0.1, 0.15) is 0 Å². The van der Waals surface area contributed by atoms with Gasteiger partial charge in [-0.2, -0.15) is 0 Å². The molecule has 2 fully saturated rings. The van der Waals surface area contributed by atoms with Gasteiger partial charge in [-0.3, -0.25) is 0 Å². The van der Waals surface area contributed by atoms with Crippen molar-refractivity contribution in [3.8, 4) is 0 Å². The van der Waals surface area contributed by atoms with Crippen LogP contribution in [-0.4, -0.2) is 35.3 Å². The fraction of sp³-hybridized carbons (Fsp3) is 1.00. The lowest BCUT2D eigenvalue weighted by molar-refractivity contribution is 0.265. The molecule has 0 aromatic carbocycles. The van der Waals surface area contributed by atoms with Crippen molar-refractivity contribution in [1.82, 2.24) is 0 Å². The molecular formula is C12H26O4Si2. The molecular weight excluding hydrogens is 264 g/mol. The highest BCUT2D eigenvalue weighted by Crippen LogP contribution is 2.44. The third-order valence-electron chi connectivity index (χ3n) is 4.89. The lowest BCUT2D eigenvalue weighted by atomic mass is 10.0. The van der Waals surface area contributed by atoms with Crippen LogP contribution in [0.5, 0.6) is 0 Å². The van der Waals surface area contributed by atoms with Crippen molar-refractivity contribution in [1.29, 1.82) is 0 Å². The van der Waals surface area contributed by atoms with E-state index in [1.54, 1.807) is 0 Å². The van der Waals surface area contributed by atoms with Crippen molar-refractivity contribution in [2.45, 2.75) is 75.3 Å². The van der Waals surface area contributed by atoms with E-state index < -0.39 is 16.2 Å². The molecule has 0 aromatic heterocycles. The minimum absolute atomic E-state index is 0.213. The van der Waals surface area contributed by atoms with Gasteiger partial charge in [-0.1, -0.05) is 38.5 Å². The molecule has 0 aromatic rings. The highest BCUT2D eigenvalue weighted by atomic mass is 29.3. The van der Waals surface area contributed by atoms with Gasteiger partial charge >= 0.3 is 16.2 Å². The normalized spacial score (nSPS) is 25.3. The maximum Gasteiger partial charge on any atom is 0.382 e. The fourth-order valence-corrected chi connectivity index (χ4v) is 12.6. The van der Waals surface area contributed by atoms with Crippen LogP contribution in [0.1, 0.15) is 64.2 Å². The molecule has 4 N–H and O–H groups in total. The van der Waals surface area contributed by atoms with E-state index in [4.69, 9.17) is 0 Å². The Morgan fingerprint density at radius 1 is 0.500 bits per heavy atom. The number of hydrogen-bond acceptors (Lipinski definition) is 4. The summed E-state index contributed by atoms with van der Waals surface area (Å²) < 4.78 is 0. The molecule has 2 rings (SSSR count). The molecule has 0 radical (unpaired) electrons. The Morgan fingerprint density at radius 2 is 0.778 bits per heavy atom. The first-order chi connectivity index (χ1) is 8.46. The van der Waals surface area contributed by atoms with Crippen molar-refractivity contribution in [3.05, 3.63) is 0 Å². The second-order valence-electron chi connectivity index (χ2n) is 6.12. The van der Waals surface area contributed by atoms with Crippen LogP contribution >= 0.6 is 0 Å². The van der Waals surface area contributed by atoms with Crippen LogP contribution in [-0.2, 0) is 0 Å². The van der Waals surface area contributed by atoms with Gasteiger partial charge in [0.15, 0.2) is 0 Å². The van der Waals surface area contributed by atoms with E-state index in [1.807, 2.05) is 0 Å². The highest BCUT2D eigenvalue weighted by molar-refractivity contribution is 7.30. The third-order valence-corrected chi connectivity index (χ3v) is 15.1. The Hall–Kier alpha value is 0.274. The topological polar surface area (TPSA) is 80.9 Å². The smallest absolute Gasteiger partial charge is 0.382 e. The van der Waals surface area contributed by atoms with Crippen molar-refractivity contribution in [2.24, 2.45) is 0 Å².